The Morgan fingerprint density at radius 1 is 1.40 bits per heavy atom. The lowest BCUT2D eigenvalue weighted by atomic mass is 9.97. The summed E-state index contributed by atoms with van der Waals surface area (Å²) in [6, 6.07) is 0. The molecule has 2 unspecified atom stereocenters. The van der Waals surface area contributed by atoms with Gasteiger partial charge in [0, 0.05) is 12.4 Å². The van der Waals surface area contributed by atoms with E-state index in [4.69, 9.17) is 4.74 Å². The number of aliphatic hydroxyl groups excluding tert-OH is 1. The maximum absolute atomic E-state index is 10.0. The Hall–Kier alpha value is -1.16. The molecule has 0 aliphatic heterocycles. The zero-order valence-corrected chi connectivity index (χ0v) is 9.47. The van der Waals surface area contributed by atoms with E-state index in [0.717, 1.165) is 12.8 Å². The summed E-state index contributed by atoms with van der Waals surface area (Å²) in [5, 5.41) is 10.0. The third-order valence-electron chi connectivity index (χ3n) is 2.45. The van der Waals surface area contributed by atoms with E-state index in [0.29, 0.717) is 11.6 Å². The number of ether oxygens (including phenoxy) is 1. The molecule has 0 saturated carbocycles. The highest BCUT2D eigenvalue weighted by molar-refractivity contribution is 5.20. The molecule has 0 aromatic carbocycles. The maximum atomic E-state index is 10.0. The van der Waals surface area contributed by atoms with Crippen LogP contribution in [-0.2, 0) is 0 Å². The van der Waals surface area contributed by atoms with Gasteiger partial charge in [0.2, 0.25) is 5.88 Å². The van der Waals surface area contributed by atoms with E-state index in [9.17, 15) is 5.11 Å². The van der Waals surface area contributed by atoms with Crippen LogP contribution >= 0.6 is 0 Å². The molecule has 4 nitrogen and oxygen atoms in total. The van der Waals surface area contributed by atoms with Crippen molar-refractivity contribution in [3.63, 3.8) is 0 Å². The van der Waals surface area contributed by atoms with Crippen LogP contribution in [0.5, 0.6) is 5.88 Å². The van der Waals surface area contributed by atoms with Crippen molar-refractivity contribution in [2.24, 2.45) is 5.92 Å². The molecule has 0 spiro atoms. The molecule has 1 N–H and O–H groups in total. The van der Waals surface area contributed by atoms with Crippen molar-refractivity contribution in [3.05, 3.63) is 18.1 Å². The van der Waals surface area contributed by atoms with Gasteiger partial charge in [-0.25, -0.2) is 4.98 Å². The summed E-state index contributed by atoms with van der Waals surface area (Å²) in [5.74, 6) is 0.577. The first-order valence-electron chi connectivity index (χ1n) is 5.23. The minimum absolute atomic E-state index is 0.167. The number of hydrogen-bond acceptors (Lipinski definition) is 4. The minimum atomic E-state index is -0.603. The van der Waals surface area contributed by atoms with Crippen LogP contribution in [0.15, 0.2) is 12.4 Å². The largest absolute Gasteiger partial charge is 0.480 e. The second-order valence-corrected chi connectivity index (χ2v) is 3.66. The number of rotatable bonds is 5. The van der Waals surface area contributed by atoms with Crippen LogP contribution in [0.4, 0.5) is 0 Å². The fourth-order valence-corrected chi connectivity index (χ4v) is 1.58. The summed E-state index contributed by atoms with van der Waals surface area (Å²) < 4.78 is 5.06. The van der Waals surface area contributed by atoms with E-state index < -0.39 is 6.10 Å². The van der Waals surface area contributed by atoms with Gasteiger partial charge in [0.1, 0.15) is 11.8 Å². The molecule has 0 radical (unpaired) electrons. The molecule has 0 bridgehead atoms. The molecular weight excluding hydrogens is 192 g/mol. The topological polar surface area (TPSA) is 55.2 Å². The van der Waals surface area contributed by atoms with Crippen LogP contribution < -0.4 is 4.74 Å². The van der Waals surface area contributed by atoms with Crippen molar-refractivity contribution < 1.29 is 9.84 Å². The predicted molar refractivity (Wildman–Crippen MR) is 57.6 cm³/mol. The fourth-order valence-electron chi connectivity index (χ4n) is 1.58. The van der Waals surface area contributed by atoms with E-state index in [2.05, 4.69) is 16.9 Å². The average molecular weight is 210 g/mol. The van der Waals surface area contributed by atoms with Gasteiger partial charge in [0.25, 0.3) is 0 Å². The molecule has 2 atom stereocenters. The molecule has 84 valence electrons. The zero-order valence-electron chi connectivity index (χ0n) is 9.47. The van der Waals surface area contributed by atoms with Crippen LogP contribution in [0.1, 0.15) is 38.5 Å². The maximum Gasteiger partial charge on any atom is 0.238 e. The molecule has 0 aliphatic carbocycles. The summed E-state index contributed by atoms with van der Waals surface area (Å²) in [7, 11) is 1.53. The number of nitrogens with zero attached hydrogens (tertiary/aromatic N) is 2. The van der Waals surface area contributed by atoms with Crippen LogP contribution in [0, 0.1) is 5.92 Å². The van der Waals surface area contributed by atoms with Gasteiger partial charge in [-0.1, -0.05) is 20.3 Å². The second-order valence-electron chi connectivity index (χ2n) is 3.66. The SMILES string of the molecule is CCCC(C)C(O)c1nccnc1OC. The minimum Gasteiger partial charge on any atom is -0.480 e. The third-order valence-corrected chi connectivity index (χ3v) is 2.45. The van der Waals surface area contributed by atoms with Gasteiger partial charge in [-0.15, -0.1) is 0 Å². The second kappa shape index (κ2) is 5.66. The van der Waals surface area contributed by atoms with Crippen molar-refractivity contribution >= 4 is 0 Å². The Bertz CT molecular complexity index is 304. The Balaban J connectivity index is 2.84. The Labute approximate surface area is 90.3 Å². The normalized spacial score (nSPS) is 14.7. The molecule has 4 heteroatoms. The Morgan fingerprint density at radius 3 is 2.67 bits per heavy atom. The van der Waals surface area contributed by atoms with E-state index in [1.165, 1.54) is 7.11 Å². The third kappa shape index (κ3) is 2.89. The molecule has 0 fully saturated rings. The summed E-state index contributed by atoms with van der Waals surface area (Å²) in [6.07, 6.45) is 4.52. The highest BCUT2D eigenvalue weighted by Crippen LogP contribution is 2.28. The molecule has 1 heterocycles. The van der Waals surface area contributed by atoms with Gasteiger partial charge in [-0.3, -0.25) is 4.98 Å². The lowest BCUT2D eigenvalue weighted by Gasteiger charge is -2.18. The van der Waals surface area contributed by atoms with E-state index >= 15 is 0 Å². The van der Waals surface area contributed by atoms with Gasteiger partial charge in [-0.2, -0.15) is 0 Å². The first kappa shape index (κ1) is 11.9. The Kier molecular flexibility index (Phi) is 4.49. The average Bonchev–Trinajstić information content (AvgIpc) is 2.28. The molecule has 15 heavy (non-hydrogen) atoms. The van der Waals surface area contributed by atoms with Crippen molar-refractivity contribution in [1.29, 1.82) is 0 Å². The lowest BCUT2D eigenvalue weighted by Crippen LogP contribution is -2.12. The number of methoxy groups -OCH3 is 1. The van der Waals surface area contributed by atoms with E-state index in [1.807, 2.05) is 6.92 Å². The zero-order chi connectivity index (χ0) is 11.3. The first-order chi connectivity index (χ1) is 7.20. The molecule has 1 rings (SSSR count). The standard InChI is InChI=1S/C11H18N2O2/c1-4-5-8(2)10(14)9-11(15-3)13-7-6-12-9/h6-8,10,14H,4-5H2,1-3H3. The summed E-state index contributed by atoms with van der Waals surface area (Å²) in [5.41, 5.74) is 0.529. The van der Waals surface area contributed by atoms with Crippen molar-refractivity contribution in [1.82, 2.24) is 9.97 Å². The van der Waals surface area contributed by atoms with E-state index in [1.54, 1.807) is 12.4 Å². The quantitative estimate of drug-likeness (QED) is 0.807. The monoisotopic (exact) mass is 210 g/mol. The van der Waals surface area contributed by atoms with Crippen molar-refractivity contribution in [3.8, 4) is 5.88 Å². The van der Waals surface area contributed by atoms with Gasteiger partial charge in [0.05, 0.1) is 7.11 Å². The van der Waals surface area contributed by atoms with E-state index in [-0.39, 0.29) is 5.92 Å². The van der Waals surface area contributed by atoms with Crippen LogP contribution in [0.2, 0.25) is 0 Å². The van der Waals surface area contributed by atoms with Crippen LogP contribution in [-0.4, -0.2) is 22.2 Å². The van der Waals surface area contributed by atoms with Crippen molar-refractivity contribution in [2.45, 2.75) is 32.8 Å². The first-order valence-corrected chi connectivity index (χ1v) is 5.23. The number of aromatic nitrogens is 2. The summed E-state index contributed by atoms with van der Waals surface area (Å²) in [6.45, 7) is 4.10. The smallest absolute Gasteiger partial charge is 0.238 e. The lowest BCUT2D eigenvalue weighted by molar-refractivity contribution is 0.104. The van der Waals surface area contributed by atoms with Gasteiger partial charge in [-0.05, 0) is 12.3 Å². The van der Waals surface area contributed by atoms with Crippen LogP contribution in [0.3, 0.4) is 0 Å². The number of hydrogen-bond donors (Lipinski definition) is 1. The van der Waals surface area contributed by atoms with Crippen LogP contribution in [0.25, 0.3) is 0 Å². The molecular formula is C11H18N2O2. The summed E-state index contributed by atoms with van der Waals surface area (Å²) in [4.78, 5) is 8.13. The highest BCUT2D eigenvalue weighted by atomic mass is 16.5. The molecule has 0 saturated heterocycles. The fraction of sp³-hybridized carbons (Fsp3) is 0.636. The molecule has 0 aliphatic rings. The van der Waals surface area contributed by atoms with Gasteiger partial charge >= 0.3 is 0 Å². The highest BCUT2D eigenvalue weighted by Gasteiger charge is 2.21. The molecule has 0 amide bonds. The molecule has 1 aromatic rings. The van der Waals surface area contributed by atoms with Gasteiger partial charge in [0.15, 0.2) is 0 Å². The Morgan fingerprint density at radius 2 is 2.07 bits per heavy atom. The van der Waals surface area contributed by atoms with Crippen molar-refractivity contribution in [2.75, 3.05) is 7.11 Å². The predicted octanol–water partition coefficient (Wildman–Crippen LogP) is 1.95. The van der Waals surface area contributed by atoms with Gasteiger partial charge < -0.3 is 9.84 Å². The molecule has 1 aromatic heterocycles. The number of aliphatic hydroxyl groups is 1. The summed E-state index contributed by atoms with van der Waals surface area (Å²) >= 11 is 0.